The van der Waals surface area contributed by atoms with E-state index >= 15 is 0 Å². The van der Waals surface area contributed by atoms with Crippen molar-refractivity contribution in [1.29, 1.82) is 0 Å². The zero-order valence-electron chi connectivity index (χ0n) is 15.8. The summed E-state index contributed by atoms with van der Waals surface area (Å²) < 4.78 is 0. The predicted molar refractivity (Wildman–Crippen MR) is 119 cm³/mol. The van der Waals surface area contributed by atoms with Crippen LogP contribution in [0.1, 0.15) is 67.8 Å². The van der Waals surface area contributed by atoms with Crippen LogP contribution in [-0.4, -0.2) is 25.0 Å². The Morgan fingerprint density at radius 1 is 1.15 bits per heavy atom. The van der Waals surface area contributed by atoms with E-state index in [9.17, 15) is 4.79 Å². The number of carbonyl (C=O) groups is 1. The molecule has 0 radical (unpaired) electrons. The van der Waals surface area contributed by atoms with Crippen LogP contribution in [0.25, 0.3) is 0 Å². The lowest BCUT2D eigenvalue weighted by molar-refractivity contribution is 0.100. The Kier molecular flexibility index (Phi) is 11.3. The van der Waals surface area contributed by atoms with E-state index in [1.54, 1.807) is 12.1 Å². The second-order valence-corrected chi connectivity index (χ2v) is 6.83. The van der Waals surface area contributed by atoms with Crippen molar-refractivity contribution in [2.75, 3.05) is 13.1 Å². The fourth-order valence-electron chi connectivity index (χ4n) is 3.35. The number of nitrogens with zero attached hydrogens (tertiary/aromatic N) is 1. The van der Waals surface area contributed by atoms with Gasteiger partial charge in [-0.15, -0.1) is 24.0 Å². The molecule has 1 saturated carbocycles. The Hall–Kier alpha value is -1.31. The van der Waals surface area contributed by atoms with Crippen LogP contribution in [0.15, 0.2) is 29.3 Å². The highest BCUT2D eigenvalue weighted by Crippen LogP contribution is 2.28. The molecule has 1 fully saturated rings. The molecular formula is C20H33IN4O. The van der Waals surface area contributed by atoms with Gasteiger partial charge >= 0.3 is 0 Å². The van der Waals surface area contributed by atoms with Crippen molar-refractivity contribution >= 4 is 35.8 Å². The molecule has 1 aromatic carbocycles. The van der Waals surface area contributed by atoms with Crippen molar-refractivity contribution in [2.24, 2.45) is 16.6 Å². The fourth-order valence-corrected chi connectivity index (χ4v) is 3.35. The third-order valence-corrected chi connectivity index (χ3v) is 4.81. The Balaban J connectivity index is 0.00000338. The van der Waals surface area contributed by atoms with Crippen LogP contribution in [0.3, 0.4) is 0 Å². The summed E-state index contributed by atoms with van der Waals surface area (Å²) in [6, 6.07) is 7.29. The predicted octanol–water partition coefficient (Wildman–Crippen LogP) is 3.82. The summed E-state index contributed by atoms with van der Waals surface area (Å²) in [5, 5.41) is 6.69. The highest BCUT2D eigenvalue weighted by atomic mass is 127. The molecule has 0 atom stereocenters. The first-order valence-electron chi connectivity index (χ1n) is 9.60. The van der Waals surface area contributed by atoms with E-state index in [-0.39, 0.29) is 24.0 Å². The van der Waals surface area contributed by atoms with Crippen LogP contribution in [0.4, 0.5) is 0 Å². The summed E-state index contributed by atoms with van der Waals surface area (Å²) in [5.41, 5.74) is 6.84. The first-order chi connectivity index (χ1) is 12.2. The molecule has 0 saturated heterocycles. The number of nitrogens with one attached hydrogen (secondary N) is 2. The molecule has 0 bridgehead atoms. The smallest absolute Gasteiger partial charge is 0.248 e. The summed E-state index contributed by atoms with van der Waals surface area (Å²) in [4.78, 5) is 15.7. The van der Waals surface area contributed by atoms with Crippen LogP contribution in [0, 0.1) is 5.92 Å². The number of hydrogen-bond donors (Lipinski definition) is 3. The van der Waals surface area contributed by atoms with Gasteiger partial charge in [0.2, 0.25) is 5.91 Å². The molecule has 2 rings (SSSR count). The maximum atomic E-state index is 11.1. The normalized spacial score (nSPS) is 14.7. The van der Waals surface area contributed by atoms with E-state index in [1.807, 2.05) is 12.1 Å². The molecule has 0 aliphatic heterocycles. The second kappa shape index (κ2) is 12.9. The fraction of sp³-hybridized carbons (Fsp3) is 0.600. The SMILES string of the molecule is CCNC(=NCc1ccc(C(N)=O)cc1)NCCCCC1CCCC1.I. The van der Waals surface area contributed by atoms with Gasteiger partial charge in [-0.1, -0.05) is 50.7 Å². The first-order valence-corrected chi connectivity index (χ1v) is 9.60. The molecule has 1 aliphatic carbocycles. The number of guanidine groups is 1. The Labute approximate surface area is 174 Å². The Morgan fingerprint density at radius 3 is 2.46 bits per heavy atom. The summed E-state index contributed by atoms with van der Waals surface area (Å²) in [7, 11) is 0. The number of benzene rings is 1. The number of rotatable bonds is 9. The van der Waals surface area contributed by atoms with E-state index in [1.165, 1.54) is 44.9 Å². The molecule has 146 valence electrons. The molecule has 0 aromatic heterocycles. The molecule has 0 heterocycles. The number of unbranched alkanes of at least 4 members (excludes halogenated alkanes) is 1. The van der Waals surface area contributed by atoms with Crippen molar-refractivity contribution in [3.05, 3.63) is 35.4 Å². The first kappa shape index (κ1) is 22.7. The van der Waals surface area contributed by atoms with Crippen LogP contribution < -0.4 is 16.4 Å². The highest BCUT2D eigenvalue weighted by molar-refractivity contribution is 14.0. The number of amides is 1. The average molecular weight is 472 g/mol. The number of carbonyl (C=O) groups excluding carboxylic acids is 1. The van der Waals surface area contributed by atoms with Gasteiger partial charge in [0.05, 0.1) is 6.54 Å². The Bertz CT molecular complexity index is 553. The molecule has 26 heavy (non-hydrogen) atoms. The molecule has 1 aromatic rings. The summed E-state index contributed by atoms with van der Waals surface area (Å²) >= 11 is 0. The van der Waals surface area contributed by atoms with Gasteiger partial charge in [0, 0.05) is 18.7 Å². The van der Waals surface area contributed by atoms with Crippen molar-refractivity contribution in [3.63, 3.8) is 0 Å². The molecule has 4 N–H and O–H groups in total. The minimum Gasteiger partial charge on any atom is -0.366 e. The van der Waals surface area contributed by atoms with Crippen molar-refractivity contribution in [1.82, 2.24) is 10.6 Å². The number of primary amides is 1. The second-order valence-electron chi connectivity index (χ2n) is 6.83. The van der Waals surface area contributed by atoms with Crippen molar-refractivity contribution in [2.45, 2.75) is 58.4 Å². The minimum atomic E-state index is -0.400. The van der Waals surface area contributed by atoms with Gasteiger partial charge in [-0.05, 0) is 37.0 Å². The lowest BCUT2D eigenvalue weighted by Crippen LogP contribution is -2.37. The van der Waals surface area contributed by atoms with Gasteiger partial charge < -0.3 is 16.4 Å². The number of nitrogens with two attached hydrogens (primary N) is 1. The largest absolute Gasteiger partial charge is 0.366 e. The Morgan fingerprint density at radius 2 is 1.85 bits per heavy atom. The lowest BCUT2D eigenvalue weighted by atomic mass is 10.0. The summed E-state index contributed by atoms with van der Waals surface area (Å²) in [6.45, 7) is 4.45. The quantitative estimate of drug-likeness (QED) is 0.221. The molecular weight excluding hydrogens is 439 g/mol. The molecule has 1 aliphatic rings. The maximum Gasteiger partial charge on any atom is 0.248 e. The zero-order valence-corrected chi connectivity index (χ0v) is 18.1. The van der Waals surface area contributed by atoms with E-state index in [2.05, 4.69) is 22.5 Å². The summed E-state index contributed by atoms with van der Waals surface area (Å²) in [5.74, 6) is 1.43. The molecule has 0 spiro atoms. The molecule has 1 amide bonds. The minimum absolute atomic E-state index is 0. The molecule has 6 heteroatoms. The standard InChI is InChI=1S/C20H32N4O.HI/c1-2-22-20(23-14-6-5-9-16-7-3-4-8-16)24-15-17-10-12-18(13-11-17)19(21)25;/h10-13,16H,2-9,14-15H2,1H3,(H2,21,25)(H2,22,23,24);1H. The zero-order chi connectivity index (χ0) is 17.9. The monoisotopic (exact) mass is 472 g/mol. The highest BCUT2D eigenvalue weighted by Gasteiger charge is 2.13. The van der Waals surface area contributed by atoms with E-state index < -0.39 is 5.91 Å². The third kappa shape index (κ3) is 8.38. The van der Waals surface area contributed by atoms with Gasteiger partial charge in [-0.25, -0.2) is 4.99 Å². The third-order valence-electron chi connectivity index (χ3n) is 4.81. The molecule has 5 nitrogen and oxygen atoms in total. The van der Waals surface area contributed by atoms with Gasteiger partial charge in [0.15, 0.2) is 5.96 Å². The van der Waals surface area contributed by atoms with Crippen molar-refractivity contribution in [3.8, 4) is 0 Å². The van der Waals surface area contributed by atoms with Crippen LogP contribution in [0.2, 0.25) is 0 Å². The lowest BCUT2D eigenvalue weighted by Gasteiger charge is -2.12. The van der Waals surface area contributed by atoms with Crippen LogP contribution >= 0.6 is 24.0 Å². The van der Waals surface area contributed by atoms with E-state index in [4.69, 9.17) is 5.73 Å². The van der Waals surface area contributed by atoms with E-state index in [0.29, 0.717) is 12.1 Å². The van der Waals surface area contributed by atoms with Gasteiger partial charge in [0.1, 0.15) is 0 Å². The van der Waals surface area contributed by atoms with Gasteiger partial charge in [-0.3, -0.25) is 4.79 Å². The average Bonchev–Trinajstić information content (AvgIpc) is 3.13. The summed E-state index contributed by atoms with van der Waals surface area (Å²) in [6.07, 6.45) is 9.60. The number of halogens is 1. The number of aliphatic imine (C=N–C) groups is 1. The van der Waals surface area contributed by atoms with Crippen LogP contribution in [0.5, 0.6) is 0 Å². The van der Waals surface area contributed by atoms with Gasteiger partial charge in [-0.2, -0.15) is 0 Å². The van der Waals surface area contributed by atoms with Crippen LogP contribution in [-0.2, 0) is 6.54 Å². The van der Waals surface area contributed by atoms with E-state index in [0.717, 1.165) is 30.5 Å². The molecule has 0 unspecified atom stereocenters. The van der Waals surface area contributed by atoms with Gasteiger partial charge in [0.25, 0.3) is 0 Å². The topological polar surface area (TPSA) is 79.5 Å². The van der Waals surface area contributed by atoms with Crippen molar-refractivity contribution < 1.29 is 4.79 Å². The number of hydrogen-bond acceptors (Lipinski definition) is 2. The maximum absolute atomic E-state index is 11.1.